The monoisotopic (exact) mass is 380 g/mol. The SMILES string of the molecule is Cc1nccn1CCCN1CCC2(CC1)C[C@H](c1ccccc1)C(=O)N(C)C2. The van der Waals surface area contributed by atoms with E-state index in [2.05, 4.69) is 51.8 Å². The number of carbonyl (C=O) groups is 1. The molecule has 2 aliphatic rings. The molecule has 5 nitrogen and oxygen atoms in total. The fourth-order valence-electron chi connectivity index (χ4n) is 5.10. The predicted octanol–water partition coefficient (Wildman–Crippen LogP) is 3.31. The zero-order chi connectivity index (χ0) is 19.6. The normalized spacial score (nSPS) is 22.7. The molecule has 28 heavy (non-hydrogen) atoms. The van der Waals surface area contributed by atoms with E-state index in [0.29, 0.717) is 0 Å². The highest BCUT2D eigenvalue weighted by molar-refractivity contribution is 5.84. The zero-order valence-electron chi connectivity index (χ0n) is 17.2. The molecule has 3 heterocycles. The van der Waals surface area contributed by atoms with Gasteiger partial charge in [-0.3, -0.25) is 4.79 Å². The molecule has 2 saturated heterocycles. The van der Waals surface area contributed by atoms with E-state index in [1.165, 1.54) is 18.4 Å². The molecular weight excluding hydrogens is 348 g/mol. The molecule has 2 aliphatic heterocycles. The van der Waals surface area contributed by atoms with E-state index in [1.807, 2.05) is 24.2 Å². The average Bonchev–Trinajstić information content (AvgIpc) is 3.12. The average molecular weight is 381 g/mol. The molecule has 150 valence electrons. The van der Waals surface area contributed by atoms with Gasteiger partial charge >= 0.3 is 0 Å². The van der Waals surface area contributed by atoms with Crippen molar-refractivity contribution < 1.29 is 4.79 Å². The van der Waals surface area contributed by atoms with E-state index in [1.54, 1.807) is 0 Å². The lowest BCUT2D eigenvalue weighted by Crippen LogP contribution is -2.52. The number of carbonyl (C=O) groups excluding carboxylic acids is 1. The molecule has 0 bridgehead atoms. The third kappa shape index (κ3) is 4.00. The second-order valence-electron chi connectivity index (χ2n) is 8.72. The van der Waals surface area contributed by atoms with E-state index in [-0.39, 0.29) is 17.2 Å². The second-order valence-corrected chi connectivity index (χ2v) is 8.72. The lowest BCUT2D eigenvalue weighted by molar-refractivity contribution is -0.139. The molecular formula is C23H32N4O. The van der Waals surface area contributed by atoms with E-state index in [0.717, 1.165) is 51.4 Å². The molecule has 5 heteroatoms. The first kappa shape index (κ1) is 19.2. The molecule has 0 saturated carbocycles. The van der Waals surface area contributed by atoms with E-state index < -0.39 is 0 Å². The van der Waals surface area contributed by atoms with Crippen LogP contribution in [0.5, 0.6) is 0 Å². The third-order valence-corrected chi connectivity index (χ3v) is 6.80. The van der Waals surface area contributed by atoms with Crippen LogP contribution in [0.15, 0.2) is 42.7 Å². The van der Waals surface area contributed by atoms with Crippen molar-refractivity contribution in [3.8, 4) is 0 Å². The summed E-state index contributed by atoms with van der Waals surface area (Å²) in [6.45, 7) is 7.45. The number of likely N-dealkylation sites (N-methyl/N-ethyl adjacent to an activating group) is 1. The number of amides is 1. The quantitative estimate of drug-likeness (QED) is 0.799. The Morgan fingerprint density at radius 1 is 1.14 bits per heavy atom. The van der Waals surface area contributed by atoms with Gasteiger partial charge in [0.1, 0.15) is 5.82 Å². The summed E-state index contributed by atoms with van der Waals surface area (Å²) in [5.74, 6) is 1.41. The van der Waals surface area contributed by atoms with Gasteiger partial charge in [0.2, 0.25) is 5.91 Å². The Labute approximate surface area is 168 Å². The molecule has 0 aliphatic carbocycles. The number of hydrogen-bond acceptors (Lipinski definition) is 3. The molecule has 2 fully saturated rings. The highest BCUT2D eigenvalue weighted by Crippen LogP contribution is 2.45. The van der Waals surface area contributed by atoms with Crippen LogP contribution in [-0.2, 0) is 11.3 Å². The molecule has 1 aromatic carbocycles. The van der Waals surface area contributed by atoms with Crippen molar-refractivity contribution in [3.05, 3.63) is 54.1 Å². The maximum absolute atomic E-state index is 12.8. The first-order valence-corrected chi connectivity index (χ1v) is 10.6. The Kier molecular flexibility index (Phi) is 5.54. The van der Waals surface area contributed by atoms with Crippen LogP contribution in [0.2, 0.25) is 0 Å². The van der Waals surface area contributed by atoms with Crippen molar-refractivity contribution in [3.63, 3.8) is 0 Å². The van der Waals surface area contributed by atoms with Crippen LogP contribution in [0.1, 0.15) is 43.0 Å². The number of nitrogens with zero attached hydrogens (tertiary/aromatic N) is 4. The van der Waals surface area contributed by atoms with E-state index in [4.69, 9.17) is 0 Å². The zero-order valence-corrected chi connectivity index (χ0v) is 17.2. The van der Waals surface area contributed by atoms with Gasteiger partial charge in [0.25, 0.3) is 0 Å². The molecule has 2 aromatic rings. The van der Waals surface area contributed by atoms with Crippen LogP contribution in [0.4, 0.5) is 0 Å². The van der Waals surface area contributed by atoms with Crippen molar-refractivity contribution in [2.45, 2.75) is 45.1 Å². The topological polar surface area (TPSA) is 41.4 Å². The number of piperidine rings is 2. The number of benzene rings is 1. The van der Waals surface area contributed by atoms with Gasteiger partial charge in [0.05, 0.1) is 5.92 Å². The van der Waals surface area contributed by atoms with Crippen molar-refractivity contribution >= 4 is 5.91 Å². The summed E-state index contributed by atoms with van der Waals surface area (Å²) < 4.78 is 2.23. The van der Waals surface area contributed by atoms with Gasteiger partial charge in [-0.15, -0.1) is 0 Å². The molecule has 0 N–H and O–H groups in total. The molecule has 1 atom stereocenters. The summed E-state index contributed by atoms with van der Waals surface area (Å²) in [7, 11) is 1.99. The van der Waals surface area contributed by atoms with Gasteiger partial charge < -0.3 is 14.4 Å². The number of aromatic nitrogens is 2. The Morgan fingerprint density at radius 2 is 1.89 bits per heavy atom. The molecule has 0 radical (unpaired) electrons. The summed E-state index contributed by atoms with van der Waals surface area (Å²) >= 11 is 0. The Bertz CT molecular complexity index is 792. The number of likely N-dealkylation sites (tertiary alicyclic amines) is 2. The number of hydrogen-bond donors (Lipinski definition) is 0. The molecule has 4 rings (SSSR count). The summed E-state index contributed by atoms with van der Waals surface area (Å²) in [5.41, 5.74) is 1.46. The van der Waals surface area contributed by atoms with Crippen LogP contribution >= 0.6 is 0 Å². The Hall–Kier alpha value is -2.14. The van der Waals surface area contributed by atoms with E-state index >= 15 is 0 Å². The smallest absolute Gasteiger partial charge is 0.229 e. The summed E-state index contributed by atoms with van der Waals surface area (Å²) in [5, 5.41) is 0. The Balaban J connectivity index is 1.33. The van der Waals surface area contributed by atoms with Crippen molar-refractivity contribution in [1.82, 2.24) is 19.4 Å². The maximum atomic E-state index is 12.8. The first-order valence-electron chi connectivity index (χ1n) is 10.6. The predicted molar refractivity (Wildman–Crippen MR) is 111 cm³/mol. The summed E-state index contributed by atoms with van der Waals surface area (Å²) in [6, 6.07) is 10.4. The number of aryl methyl sites for hydroxylation is 2. The van der Waals surface area contributed by atoms with Gasteiger partial charge in [0.15, 0.2) is 0 Å². The fourth-order valence-corrected chi connectivity index (χ4v) is 5.10. The standard InChI is InChI=1S/C23H32N4O/c1-19-24-11-16-27(19)13-6-12-26-14-9-23(10-15-26)17-21(22(28)25(2)18-23)20-7-4-3-5-8-20/h3-5,7-8,11,16,21H,6,9-10,12-15,17-18H2,1-2H3/t21-/m1/s1. The van der Waals surface area contributed by atoms with E-state index in [9.17, 15) is 4.79 Å². The minimum absolute atomic E-state index is 0.0238. The van der Waals surface area contributed by atoms with Gasteiger partial charge in [-0.1, -0.05) is 30.3 Å². The van der Waals surface area contributed by atoms with Gasteiger partial charge in [-0.2, -0.15) is 0 Å². The lowest BCUT2D eigenvalue weighted by atomic mass is 9.67. The minimum atomic E-state index is 0.0238. The molecule has 1 amide bonds. The highest BCUT2D eigenvalue weighted by atomic mass is 16.2. The van der Waals surface area contributed by atoms with Crippen LogP contribution in [0.25, 0.3) is 0 Å². The van der Waals surface area contributed by atoms with Gasteiger partial charge in [-0.25, -0.2) is 4.98 Å². The van der Waals surface area contributed by atoms with Crippen molar-refractivity contribution in [1.29, 1.82) is 0 Å². The largest absolute Gasteiger partial charge is 0.345 e. The Morgan fingerprint density at radius 3 is 2.57 bits per heavy atom. The summed E-state index contributed by atoms with van der Waals surface area (Å²) in [4.78, 5) is 21.7. The van der Waals surface area contributed by atoms with Gasteiger partial charge in [-0.05, 0) is 63.2 Å². The van der Waals surface area contributed by atoms with Crippen LogP contribution in [0.3, 0.4) is 0 Å². The number of rotatable bonds is 5. The summed E-state index contributed by atoms with van der Waals surface area (Å²) in [6.07, 6.45) is 8.50. The van der Waals surface area contributed by atoms with Crippen LogP contribution in [-0.4, -0.2) is 58.5 Å². The molecule has 1 spiro atoms. The fraction of sp³-hybridized carbons (Fsp3) is 0.565. The maximum Gasteiger partial charge on any atom is 0.229 e. The number of imidazole rings is 1. The first-order chi connectivity index (χ1) is 13.6. The van der Waals surface area contributed by atoms with Gasteiger partial charge in [0, 0.05) is 32.5 Å². The third-order valence-electron chi connectivity index (χ3n) is 6.80. The van der Waals surface area contributed by atoms with Crippen LogP contribution in [0, 0.1) is 12.3 Å². The van der Waals surface area contributed by atoms with Crippen molar-refractivity contribution in [2.24, 2.45) is 5.41 Å². The highest BCUT2D eigenvalue weighted by Gasteiger charge is 2.44. The lowest BCUT2D eigenvalue weighted by Gasteiger charge is -2.49. The van der Waals surface area contributed by atoms with Crippen LogP contribution < -0.4 is 0 Å². The molecule has 1 aromatic heterocycles. The molecule has 0 unspecified atom stereocenters. The van der Waals surface area contributed by atoms with Crippen molar-refractivity contribution in [2.75, 3.05) is 33.2 Å². The second kappa shape index (κ2) is 8.08. The minimum Gasteiger partial charge on any atom is -0.345 e.